The fraction of sp³-hybridized carbons (Fsp3) is 0.500. The molecule has 0 aromatic heterocycles. The molecule has 0 aliphatic carbocycles. The molecule has 106 valence electrons. The summed E-state index contributed by atoms with van der Waals surface area (Å²) in [6.07, 6.45) is 0. The van der Waals surface area contributed by atoms with Gasteiger partial charge in [-0.3, -0.25) is 10.6 Å². The Morgan fingerprint density at radius 1 is 1.32 bits per heavy atom. The molecule has 0 saturated carbocycles. The monoisotopic (exact) mass is 264 g/mol. The van der Waals surface area contributed by atoms with Gasteiger partial charge in [0.1, 0.15) is 0 Å². The van der Waals surface area contributed by atoms with Crippen LogP contribution in [0.25, 0.3) is 0 Å². The third-order valence-electron chi connectivity index (χ3n) is 3.01. The predicted octanol–water partition coefficient (Wildman–Crippen LogP) is 1.29. The maximum absolute atomic E-state index is 12.3. The topological polar surface area (TPSA) is 70.4 Å². The second-order valence-electron chi connectivity index (χ2n) is 5.28. The zero-order chi connectivity index (χ0) is 14.4. The summed E-state index contributed by atoms with van der Waals surface area (Å²) >= 11 is 0. The van der Waals surface area contributed by atoms with Crippen LogP contribution < -0.4 is 16.6 Å². The number of carbonyl (C=O) groups excluding carboxylic acids is 1. The minimum Gasteiger partial charge on any atom is -0.348 e. The summed E-state index contributed by atoms with van der Waals surface area (Å²) in [5.41, 5.74) is 3.74. The highest BCUT2D eigenvalue weighted by Gasteiger charge is 2.19. The first-order chi connectivity index (χ1) is 8.95. The lowest BCUT2D eigenvalue weighted by Crippen LogP contribution is -2.45. The van der Waals surface area contributed by atoms with E-state index in [1.807, 2.05) is 26.2 Å². The van der Waals surface area contributed by atoms with Gasteiger partial charge in [0.05, 0.1) is 11.3 Å². The first-order valence-corrected chi connectivity index (χ1v) is 6.47. The van der Waals surface area contributed by atoms with Gasteiger partial charge in [0.15, 0.2) is 0 Å². The molecular formula is C14H24N4O. The molecule has 5 heteroatoms. The van der Waals surface area contributed by atoms with Gasteiger partial charge >= 0.3 is 0 Å². The number of likely N-dealkylation sites (N-methyl/N-ethyl adjacent to an activating group) is 1. The number of nitrogens with two attached hydrogens (primary N) is 1. The number of para-hydroxylation sites is 1. The zero-order valence-electron chi connectivity index (χ0n) is 12.1. The molecule has 0 fully saturated rings. The van der Waals surface area contributed by atoms with E-state index in [0.717, 1.165) is 6.54 Å². The average Bonchev–Trinajstić information content (AvgIpc) is 2.37. The number of hydrogen-bond acceptors (Lipinski definition) is 4. The van der Waals surface area contributed by atoms with E-state index < -0.39 is 0 Å². The molecule has 0 aliphatic heterocycles. The number of hydrazine groups is 1. The standard InChI is InChI=1S/C14H24N4O/c1-10(2)13(9-18(3)4)16-14(19)11-7-5-6-8-12(11)17-15/h5-8,10,13,17H,9,15H2,1-4H3,(H,16,19). The summed E-state index contributed by atoms with van der Waals surface area (Å²) < 4.78 is 0. The van der Waals surface area contributed by atoms with E-state index in [4.69, 9.17) is 5.84 Å². The summed E-state index contributed by atoms with van der Waals surface area (Å²) in [6, 6.07) is 7.31. The molecule has 1 aromatic carbocycles. The number of nitrogens with one attached hydrogen (secondary N) is 2. The molecule has 0 radical (unpaired) electrons. The molecular weight excluding hydrogens is 240 g/mol. The van der Waals surface area contributed by atoms with Crippen molar-refractivity contribution in [3.63, 3.8) is 0 Å². The first kappa shape index (κ1) is 15.5. The zero-order valence-corrected chi connectivity index (χ0v) is 12.1. The van der Waals surface area contributed by atoms with Crippen molar-refractivity contribution in [2.45, 2.75) is 19.9 Å². The Balaban J connectivity index is 2.81. The van der Waals surface area contributed by atoms with Crippen molar-refractivity contribution in [1.29, 1.82) is 0 Å². The van der Waals surface area contributed by atoms with Crippen LogP contribution in [0.1, 0.15) is 24.2 Å². The third kappa shape index (κ3) is 4.54. The highest BCUT2D eigenvalue weighted by Crippen LogP contribution is 2.14. The molecule has 0 heterocycles. The van der Waals surface area contributed by atoms with Crippen LogP contribution in [0.2, 0.25) is 0 Å². The van der Waals surface area contributed by atoms with Crippen molar-refractivity contribution in [1.82, 2.24) is 10.2 Å². The average molecular weight is 264 g/mol. The van der Waals surface area contributed by atoms with Crippen LogP contribution in [0.4, 0.5) is 5.69 Å². The van der Waals surface area contributed by atoms with Crippen LogP contribution in [0, 0.1) is 5.92 Å². The van der Waals surface area contributed by atoms with Crippen LogP contribution in [0.5, 0.6) is 0 Å². The number of anilines is 1. The second-order valence-corrected chi connectivity index (χ2v) is 5.28. The Bertz CT molecular complexity index is 418. The van der Waals surface area contributed by atoms with Gasteiger partial charge < -0.3 is 15.6 Å². The van der Waals surface area contributed by atoms with Crippen molar-refractivity contribution in [2.75, 3.05) is 26.1 Å². The lowest BCUT2D eigenvalue weighted by atomic mass is 10.0. The number of nitrogen functional groups attached to an aromatic ring is 1. The SMILES string of the molecule is CC(C)C(CN(C)C)NC(=O)c1ccccc1NN. The largest absolute Gasteiger partial charge is 0.348 e. The maximum Gasteiger partial charge on any atom is 0.253 e. The lowest BCUT2D eigenvalue weighted by Gasteiger charge is -2.26. The molecule has 0 aliphatic rings. The molecule has 19 heavy (non-hydrogen) atoms. The molecule has 0 bridgehead atoms. The number of hydrogen-bond donors (Lipinski definition) is 3. The number of amides is 1. The lowest BCUT2D eigenvalue weighted by molar-refractivity contribution is 0.0917. The van der Waals surface area contributed by atoms with Crippen molar-refractivity contribution >= 4 is 11.6 Å². The van der Waals surface area contributed by atoms with Gasteiger partial charge in [-0.25, -0.2) is 0 Å². The Morgan fingerprint density at radius 2 is 1.95 bits per heavy atom. The minimum atomic E-state index is -0.103. The number of benzene rings is 1. The first-order valence-electron chi connectivity index (χ1n) is 6.47. The van der Waals surface area contributed by atoms with Crippen LogP contribution >= 0.6 is 0 Å². The van der Waals surface area contributed by atoms with Crippen molar-refractivity contribution in [3.05, 3.63) is 29.8 Å². The highest BCUT2D eigenvalue weighted by molar-refractivity contribution is 5.99. The Labute approximate surface area is 115 Å². The summed E-state index contributed by atoms with van der Waals surface area (Å²) in [6.45, 7) is 5.00. The fourth-order valence-electron chi connectivity index (χ4n) is 1.87. The van der Waals surface area contributed by atoms with E-state index in [2.05, 4.69) is 29.5 Å². The molecule has 1 rings (SSSR count). The van der Waals surface area contributed by atoms with E-state index in [9.17, 15) is 4.79 Å². The van der Waals surface area contributed by atoms with E-state index >= 15 is 0 Å². The van der Waals surface area contributed by atoms with Gasteiger partial charge in [-0.1, -0.05) is 26.0 Å². The molecule has 1 aromatic rings. The fourth-order valence-corrected chi connectivity index (χ4v) is 1.87. The summed E-state index contributed by atoms with van der Waals surface area (Å²) in [7, 11) is 3.99. The molecule has 1 amide bonds. The molecule has 4 N–H and O–H groups in total. The van der Waals surface area contributed by atoms with Crippen LogP contribution in [0.15, 0.2) is 24.3 Å². The third-order valence-corrected chi connectivity index (χ3v) is 3.01. The number of carbonyl (C=O) groups is 1. The van der Waals surface area contributed by atoms with Gasteiger partial charge in [0, 0.05) is 12.6 Å². The summed E-state index contributed by atoms with van der Waals surface area (Å²) in [4.78, 5) is 14.4. The van der Waals surface area contributed by atoms with Gasteiger partial charge in [0.2, 0.25) is 0 Å². The van der Waals surface area contributed by atoms with Gasteiger partial charge in [-0.05, 0) is 32.1 Å². The van der Waals surface area contributed by atoms with Crippen LogP contribution in [-0.2, 0) is 0 Å². The van der Waals surface area contributed by atoms with Gasteiger partial charge in [0.25, 0.3) is 5.91 Å². The molecule has 1 unspecified atom stereocenters. The second kappa shape index (κ2) is 7.11. The Kier molecular flexibility index (Phi) is 5.79. The van der Waals surface area contributed by atoms with Crippen LogP contribution in [-0.4, -0.2) is 37.5 Å². The molecule has 0 saturated heterocycles. The van der Waals surface area contributed by atoms with Crippen molar-refractivity contribution < 1.29 is 4.79 Å². The van der Waals surface area contributed by atoms with Crippen molar-refractivity contribution in [2.24, 2.45) is 11.8 Å². The highest BCUT2D eigenvalue weighted by atomic mass is 16.1. The van der Waals surface area contributed by atoms with E-state index in [1.165, 1.54) is 0 Å². The van der Waals surface area contributed by atoms with E-state index in [-0.39, 0.29) is 11.9 Å². The van der Waals surface area contributed by atoms with Gasteiger partial charge in [-0.2, -0.15) is 0 Å². The van der Waals surface area contributed by atoms with Gasteiger partial charge in [-0.15, -0.1) is 0 Å². The van der Waals surface area contributed by atoms with E-state index in [0.29, 0.717) is 17.2 Å². The smallest absolute Gasteiger partial charge is 0.253 e. The molecule has 5 nitrogen and oxygen atoms in total. The Hall–Kier alpha value is -1.59. The number of nitrogens with zero attached hydrogens (tertiary/aromatic N) is 1. The Morgan fingerprint density at radius 3 is 2.47 bits per heavy atom. The summed E-state index contributed by atoms with van der Waals surface area (Å²) in [5.74, 6) is 5.68. The molecule has 0 spiro atoms. The summed E-state index contributed by atoms with van der Waals surface area (Å²) in [5, 5.41) is 3.06. The quantitative estimate of drug-likeness (QED) is 0.535. The number of rotatable bonds is 6. The molecule has 1 atom stereocenters. The van der Waals surface area contributed by atoms with Crippen LogP contribution in [0.3, 0.4) is 0 Å². The maximum atomic E-state index is 12.3. The predicted molar refractivity (Wildman–Crippen MR) is 78.9 cm³/mol. The normalized spacial score (nSPS) is 12.6. The van der Waals surface area contributed by atoms with Crippen molar-refractivity contribution in [3.8, 4) is 0 Å². The minimum absolute atomic E-state index is 0.103. The van der Waals surface area contributed by atoms with E-state index in [1.54, 1.807) is 12.1 Å².